The van der Waals surface area contributed by atoms with Crippen LogP contribution in [-0.4, -0.2) is 34.8 Å². The second kappa shape index (κ2) is 10.1. The van der Waals surface area contributed by atoms with Crippen molar-refractivity contribution in [2.75, 3.05) is 12.0 Å². The molecule has 8 nitrogen and oxygen atoms in total. The van der Waals surface area contributed by atoms with E-state index in [1.165, 1.54) is 6.19 Å². The summed E-state index contributed by atoms with van der Waals surface area (Å²) in [7, 11) is 0. The molecule has 0 radical (unpaired) electrons. The van der Waals surface area contributed by atoms with E-state index in [4.69, 9.17) is 6.63 Å². The Kier molecular flexibility index (Phi) is 7.00. The van der Waals surface area contributed by atoms with Crippen molar-refractivity contribution in [1.29, 1.82) is 5.26 Å². The number of anilines is 1. The molecule has 0 heterocycles. The molecule has 30 heavy (non-hydrogen) atoms. The predicted molar refractivity (Wildman–Crippen MR) is 113 cm³/mol. The van der Waals surface area contributed by atoms with Crippen molar-refractivity contribution in [1.82, 2.24) is 4.90 Å². The molecule has 2 aromatic carbocycles. The van der Waals surface area contributed by atoms with Gasteiger partial charge in [0.1, 0.15) is 12.0 Å². The van der Waals surface area contributed by atoms with Crippen LogP contribution in [0.2, 0.25) is 0 Å². The minimum absolute atomic E-state index is 0.0105. The summed E-state index contributed by atoms with van der Waals surface area (Å²) >= 11 is 0. The highest BCUT2D eigenvalue weighted by molar-refractivity contribution is 6.30. The number of phenolic OH excluding ortho intramolecular Hbond substituents is 1. The normalized spacial score (nSPS) is 10.9. The van der Waals surface area contributed by atoms with Crippen molar-refractivity contribution in [3.63, 3.8) is 0 Å². The maximum absolute atomic E-state index is 11.9. The molecule has 0 aliphatic heterocycles. The van der Waals surface area contributed by atoms with Crippen LogP contribution < -0.4 is 5.43 Å². The van der Waals surface area contributed by atoms with Crippen molar-refractivity contribution < 1.29 is 20.8 Å². The van der Waals surface area contributed by atoms with Gasteiger partial charge in [0.25, 0.3) is 5.91 Å². The number of imide groups is 1. The number of hydrogen-bond donors (Lipinski definition) is 2. The van der Waals surface area contributed by atoms with Gasteiger partial charge in [0.05, 0.1) is 12.3 Å². The number of phenols is 1. The van der Waals surface area contributed by atoms with Crippen molar-refractivity contribution in [2.24, 2.45) is 5.10 Å². The van der Waals surface area contributed by atoms with Gasteiger partial charge in [-0.05, 0) is 80.1 Å². The number of aromatic hydroxyl groups is 1. The fourth-order valence-electron chi connectivity index (χ4n) is 2.88. The molecule has 0 fully saturated rings. The number of nitriles is 1. The molecular formula is C22H24N4O4. The molecule has 0 aliphatic carbocycles. The van der Waals surface area contributed by atoms with E-state index in [1.54, 1.807) is 13.0 Å². The molecule has 0 saturated carbocycles. The summed E-state index contributed by atoms with van der Waals surface area (Å²) in [5.74, 6) is -0.798. The number of benzene rings is 2. The molecule has 2 N–H and O–H groups in total. The number of rotatable bonds is 6. The van der Waals surface area contributed by atoms with E-state index < -0.39 is 12.0 Å². The molecule has 0 saturated heterocycles. The molecule has 2 aromatic rings. The molecule has 0 unspecified atom stereocenters. The van der Waals surface area contributed by atoms with Gasteiger partial charge in [-0.3, -0.25) is 10.2 Å². The standard InChI is InChI=1S/C22H24N4O4/c1-5-30-22(29)26(13-23)21(28)12-24-25-18-9-14(2)19(15(3)10-18)11-17-6-7-20(27)16(4)8-17/h6-10,12,25,27H,5,11H2,1-4H3/i4D. The van der Waals surface area contributed by atoms with Gasteiger partial charge in [-0.25, -0.2) is 4.79 Å². The first kappa shape index (κ1) is 20.9. The molecule has 0 aliphatic rings. The summed E-state index contributed by atoms with van der Waals surface area (Å²) in [6, 6.07) is 8.99. The van der Waals surface area contributed by atoms with Crippen molar-refractivity contribution in [3.8, 4) is 11.9 Å². The third-order valence-electron chi connectivity index (χ3n) is 4.36. The number of carbonyl (C=O) groups excluding carboxylic acids is 2. The Morgan fingerprint density at radius 1 is 1.30 bits per heavy atom. The molecule has 0 aromatic heterocycles. The van der Waals surface area contributed by atoms with E-state index in [-0.39, 0.29) is 24.2 Å². The van der Waals surface area contributed by atoms with Crippen LogP contribution in [0.1, 0.15) is 36.1 Å². The Labute approximate surface area is 176 Å². The highest BCUT2D eigenvalue weighted by Gasteiger charge is 2.21. The van der Waals surface area contributed by atoms with Crippen LogP contribution >= 0.6 is 0 Å². The minimum atomic E-state index is -1.06. The lowest BCUT2D eigenvalue weighted by atomic mass is 9.94. The van der Waals surface area contributed by atoms with Gasteiger partial charge in [-0.2, -0.15) is 10.4 Å². The summed E-state index contributed by atoms with van der Waals surface area (Å²) < 4.78 is 12.1. The Morgan fingerprint density at radius 2 is 2.00 bits per heavy atom. The number of ether oxygens (including phenoxy) is 1. The van der Waals surface area contributed by atoms with Gasteiger partial charge < -0.3 is 9.84 Å². The van der Waals surface area contributed by atoms with E-state index in [0.717, 1.165) is 28.5 Å². The van der Waals surface area contributed by atoms with Gasteiger partial charge in [-0.15, -0.1) is 4.90 Å². The van der Waals surface area contributed by atoms with E-state index in [0.29, 0.717) is 17.7 Å². The summed E-state index contributed by atoms with van der Waals surface area (Å²) in [5, 5.41) is 22.5. The Hall–Kier alpha value is -3.86. The summed E-state index contributed by atoms with van der Waals surface area (Å²) in [6.45, 7) is 5.52. The fourth-order valence-corrected chi connectivity index (χ4v) is 2.88. The van der Waals surface area contributed by atoms with E-state index >= 15 is 0 Å². The molecule has 156 valence electrons. The summed E-state index contributed by atoms with van der Waals surface area (Å²) in [5.41, 5.74) is 8.03. The van der Waals surface area contributed by atoms with Gasteiger partial charge in [0.15, 0.2) is 6.19 Å². The van der Waals surface area contributed by atoms with E-state index in [2.05, 4.69) is 15.3 Å². The zero-order valence-corrected chi connectivity index (χ0v) is 17.1. The predicted octanol–water partition coefficient (Wildman–Crippen LogP) is 3.77. The number of carbonyl (C=O) groups is 2. The monoisotopic (exact) mass is 409 g/mol. The van der Waals surface area contributed by atoms with Gasteiger partial charge >= 0.3 is 6.09 Å². The highest BCUT2D eigenvalue weighted by Crippen LogP contribution is 2.25. The molecule has 8 heteroatoms. The third-order valence-corrected chi connectivity index (χ3v) is 4.36. The quantitative estimate of drug-likeness (QED) is 0.325. The number of hydrazone groups is 1. The SMILES string of the molecule is [2H]Cc1cc(Cc2c(C)cc(NN=CC(=O)N(C#N)C(=O)OCC)cc2C)ccc1O. The lowest BCUT2D eigenvalue weighted by Gasteiger charge is -2.13. The number of hydrogen-bond acceptors (Lipinski definition) is 7. The van der Waals surface area contributed by atoms with Crippen LogP contribution in [0.15, 0.2) is 35.4 Å². The van der Waals surface area contributed by atoms with Crippen LogP contribution in [0.25, 0.3) is 0 Å². The van der Waals surface area contributed by atoms with Gasteiger partial charge in [0, 0.05) is 1.37 Å². The largest absolute Gasteiger partial charge is 0.508 e. The van der Waals surface area contributed by atoms with Crippen LogP contribution in [0.3, 0.4) is 0 Å². The number of aryl methyl sites for hydroxylation is 3. The zero-order valence-electron chi connectivity index (χ0n) is 18.1. The van der Waals surface area contributed by atoms with Gasteiger partial charge in [0.2, 0.25) is 0 Å². The Balaban J connectivity index is 2.12. The second-order valence-corrected chi connectivity index (χ2v) is 6.57. The molecular weight excluding hydrogens is 384 g/mol. The van der Waals surface area contributed by atoms with Crippen LogP contribution in [-0.2, 0) is 16.0 Å². The minimum Gasteiger partial charge on any atom is -0.508 e. The molecule has 2 rings (SSSR count). The molecule has 2 amide bonds. The van der Waals surface area contributed by atoms with Crippen LogP contribution in [0.4, 0.5) is 10.5 Å². The Bertz CT molecular complexity index is 1020. The van der Waals surface area contributed by atoms with Crippen molar-refractivity contribution >= 4 is 23.9 Å². The molecule has 0 spiro atoms. The van der Waals surface area contributed by atoms with Crippen LogP contribution in [0, 0.1) is 32.2 Å². The first-order valence-corrected chi connectivity index (χ1v) is 9.20. The first-order chi connectivity index (χ1) is 14.8. The maximum Gasteiger partial charge on any atom is 0.430 e. The average molecular weight is 409 g/mol. The maximum atomic E-state index is 11.9. The molecule has 0 atom stereocenters. The van der Waals surface area contributed by atoms with Crippen molar-refractivity contribution in [2.45, 2.75) is 34.1 Å². The first-order valence-electron chi connectivity index (χ1n) is 9.91. The topological polar surface area (TPSA) is 115 Å². The third kappa shape index (κ3) is 5.58. The lowest BCUT2D eigenvalue weighted by molar-refractivity contribution is -0.119. The summed E-state index contributed by atoms with van der Waals surface area (Å²) in [4.78, 5) is 23.7. The highest BCUT2D eigenvalue weighted by atomic mass is 16.6. The number of amides is 2. The lowest BCUT2D eigenvalue weighted by Crippen LogP contribution is -2.34. The number of nitrogens with zero attached hydrogens (tertiary/aromatic N) is 3. The van der Waals surface area contributed by atoms with Crippen molar-refractivity contribution in [3.05, 3.63) is 58.1 Å². The number of nitrogens with one attached hydrogen (secondary N) is 1. The molecule has 0 bridgehead atoms. The van der Waals surface area contributed by atoms with Crippen LogP contribution in [0.5, 0.6) is 5.75 Å². The van der Waals surface area contributed by atoms with E-state index in [9.17, 15) is 14.7 Å². The Morgan fingerprint density at radius 3 is 2.60 bits per heavy atom. The van der Waals surface area contributed by atoms with Gasteiger partial charge in [-0.1, -0.05) is 12.1 Å². The summed E-state index contributed by atoms with van der Waals surface area (Å²) in [6.07, 6.45) is 1.88. The zero-order chi connectivity index (χ0) is 23.0. The van der Waals surface area contributed by atoms with E-state index in [1.807, 2.05) is 38.1 Å². The second-order valence-electron chi connectivity index (χ2n) is 6.57. The smallest absolute Gasteiger partial charge is 0.430 e. The average Bonchev–Trinajstić information content (AvgIpc) is 2.72. The fraction of sp³-hybridized carbons (Fsp3) is 0.273.